The van der Waals surface area contributed by atoms with Crippen LogP contribution in [0.5, 0.6) is 0 Å². The van der Waals surface area contributed by atoms with Crippen molar-refractivity contribution in [2.24, 2.45) is 0 Å². The Balaban J connectivity index is 2.25. The fourth-order valence-corrected chi connectivity index (χ4v) is 3.17. The van der Waals surface area contributed by atoms with E-state index in [1.54, 1.807) is 6.07 Å². The van der Waals surface area contributed by atoms with Crippen LogP contribution < -0.4 is 0 Å². The Morgan fingerprint density at radius 3 is 2.22 bits per heavy atom. The van der Waals surface area contributed by atoms with Gasteiger partial charge >= 0.3 is 17.9 Å². The fraction of sp³-hybridized carbons (Fsp3) is 0.381. The maximum Gasteiger partial charge on any atom is 0.303 e. The van der Waals surface area contributed by atoms with Gasteiger partial charge in [-0.3, -0.25) is 19.2 Å². The molecule has 0 saturated heterocycles. The summed E-state index contributed by atoms with van der Waals surface area (Å²) in [4.78, 5) is 56.2. The first-order valence-electron chi connectivity index (χ1n) is 9.72. The number of esters is 3. The Kier molecular flexibility index (Phi) is 6.47. The van der Waals surface area contributed by atoms with Crippen molar-refractivity contribution >= 4 is 46.0 Å². The summed E-state index contributed by atoms with van der Waals surface area (Å²) in [6, 6.07) is 5.42. The third kappa shape index (κ3) is 4.88. The normalized spacial score (nSPS) is 12.9. The molecule has 3 aromatic rings. The van der Waals surface area contributed by atoms with Gasteiger partial charge in [-0.25, -0.2) is 9.97 Å². The predicted octanol–water partition coefficient (Wildman–Crippen LogP) is 2.05. The van der Waals surface area contributed by atoms with Crippen LogP contribution in [-0.4, -0.2) is 56.3 Å². The lowest BCUT2D eigenvalue weighted by Crippen LogP contribution is -2.33. The zero-order valence-corrected chi connectivity index (χ0v) is 18.2. The second-order valence-electron chi connectivity index (χ2n) is 7.18. The molecule has 0 bridgehead atoms. The largest absolute Gasteiger partial charge is 0.462 e. The Bertz CT molecular complexity index is 1230. The third-order valence-electron chi connectivity index (χ3n) is 4.42. The third-order valence-corrected chi connectivity index (χ3v) is 4.42. The number of carbonyl (C=O) groups is 4. The van der Waals surface area contributed by atoms with Crippen molar-refractivity contribution < 1.29 is 33.4 Å². The molecule has 1 aromatic carbocycles. The van der Waals surface area contributed by atoms with Crippen LogP contribution in [0.1, 0.15) is 49.9 Å². The molecule has 32 heavy (non-hydrogen) atoms. The Morgan fingerprint density at radius 1 is 0.938 bits per heavy atom. The number of aromatic nitrogens is 4. The summed E-state index contributed by atoms with van der Waals surface area (Å²) in [6.07, 6.45) is -2.54. The summed E-state index contributed by atoms with van der Waals surface area (Å²) in [5.74, 6) is -2.47. The van der Waals surface area contributed by atoms with Gasteiger partial charge in [-0.15, -0.1) is 0 Å². The molecule has 0 spiro atoms. The molecule has 168 valence electrons. The van der Waals surface area contributed by atoms with E-state index in [0.29, 0.717) is 11.0 Å². The Morgan fingerprint density at radius 2 is 1.62 bits per heavy atom. The summed E-state index contributed by atoms with van der Waals surface area (Å²) >= 11 is 0. The summed E-state index contributed by atoms with van der Waals surface area (Å²) in [7, 11) is 0. The number of carbonyl (C=O) groups excluding carboxylic acids is 4. The lowest BCUT2D eigenvalue weighted by Gasteiger charge is -2.24. The quantitative estimate of drug-likeness (QED) is 0.411. The van der Waals surface area contributed by atoms with Crippen LogP contribution in [0.3, 0.4) is 0 Å². The summed E-state index contributed by atoms with van der Waals surface area (Å²) < 4.78 is 16.7. The highest BCUT2D eigenvalue weighted by molar-refractivity contribution is 5.92. The van der Waals surface area contributed by atoms with Crippen LogP contribution >= 0.6 is 0 Å². The topological polar surface area (TPSA) is 140 Å². The van der Waals surface area contributed by atoms with Gasteiger partial charge in [0.1, 0.15) is 17.8 Å². The van der Waals surface area contributed by atoms with E-state index in [2.05, 4.69) is 15.1 Å². The van der Waals surface area contributed by atoms with Crippen molar-refractivity contribution in [3.8, 4) is 0 Å². The maximum absolute atomic E-state index is 12.3. The second-order valence-corrected chi connectivity index (χ2v) is 7.18. The number of hydrogen-bond acceptors (Lipinski definition) is 10. The summed E-state index contributed by atoms with van der Waals surface area (Å²) in [5.41, 5.74) is 2.40. The highest BCUT2D eigenvalue weighted by Crippen LogP contribution is 2.30. The maximum atomic E-state index is 12.3. The zero-order valence-electron chi connectivity index (χ0n) is 18.2. The van der Waals surface area contributed by atoms with E-state index in [1.165, 1.54) is 13.8 Å². The van der Waals surface area contributed by atoms with Gasteiger partial charge in [0.05, 0.1) is 11.0 Å². The van der Waals surface area contributed by atoms with Crippen LogP contribution in [0, 0.1) is 6.92 Å². The minimum Gasteiger partial charge on any atom is -0.462 e. The SMILES string of the molecule is CC(=O)OC[C@@H](OC(C)=O)[C@@H](OC(C)=O)c1nn(C(C)=O)c2nc3cc(C)ccc3nc12. The highest BCUT2D eigenvalue weighted by atomic mass is 16.6. The molecule has 2 atom stereocenters. The van der Waals surface area contributed by atoms with Gasteiger partial charge in [0.15, 0.2) is 17.9 Å². The number of nitrogens with zero attached hydrogens (tertiary/aromatic N) is 4. The number of benzene rings is 1. The molecule has 0 aliphatic rings. The van der Waals surface area contributed by atoms with Crippen molar-refractivity contribution in [1.82, 2.24) is 19.7 Å². The molecule has 0 fully saturated rings. The van der Waals surface area contributed by atoms with Crippen LogP contribution in [0.4, 0.5) is 0 Å². The van der Waals surface area contributed by atoms with Crippen LogP contribution in [-0.2, 0) is 28.6 Å². The first-order chi connectivity index (χ1) is 15.1. The van der Waals surface area contributed by atoms with E-state index < -0.39 is 42.6 Å². The number of hydrogen-bond donors (Lipinski definition) is 0. The van der Waals surface area contributed by atoms with E-state index in [4.69, 9.17) is 14.2 Å². The highest BCUT2D eigenvalue weighted by Gasteiger charge is 2.36. The van der Waals surface area contributed by atoms with Crippen molar-refractivity contribution in [2.45, 2.75) is 46.8 Å². The molecule has 0 aliphatic heterocycles. The minimum atomic E-state index is -1.31. The molecule has 0 aliphatic carbocycles. The molecule has 11 nitrogen and oxygen atoms in total. The van der Waals surface area contributed by atoms with Crippen LogP contribution in [0.15, 0.2) is 18.2 Å². The smallest absolute Gasteiger partial charge is 0.303 e. The van der Waals surface area contributed by atoms with E-state index in [1.807, 2.05) is 19.1 Å². The van der Waals surface area contributed by atoms with Crippen molar-refractivity contribution in [1.29, 1.82) is 0 Å². The predicted molar refractivity (Wildman–Crippen MR) is 111 cm³/mol. The molecular weight excluding hydrogens is 420 g/mol. The number of aryl methyl sites for hydroxylation is 1. The molecule has 0 amide bonds. The van der Waals surface area contributed by atoms with Gasteiger partial charge in [-0.05, 0) is 24.6 Å². The molecule has 0 N–H and O–H groups in total. The molecule has 0 saturated carbocycles. The van der Waals surface area contributed by atoms with Gasteiger partial charge in [0, 0.05) is 27.7 Å². The molecule has 2 heterocycles. The number of fused-ring (bicyclic) bond motifs is 2. The van der Waals surface area contributed by atoms with Gasteiger partial charge in [-0.1, -0.05) is 6.07 Å². The summed E-state index contributed by atoms with van der Waals surface area (Å²) in [5, 5.41) is 4.28. The molecule has 11 heteroatoms. The monoisotopic (exact) mass is 442 g/mol. The van der Waals surface area contributed by atoms with Crippen molar-refractivity contribution in [3.05, 3.63) is 29.5 Å². The van der Waals surface area contributed by atoms with Gasteiger partial charge in [-0.2, -0.15) is 9.78 Å². The lowest BCUT2D eigenvalue weighted by molar-refractivity contribution is -0.174. The first kappa shape index (κ1) is 22.8. The minimum absolute atomic E-state index is 0.0405. The first-order valence-corrected chi connectivity index (χ1v) is 9.72. The van der Waals surface area contributed by atoms with Crippen LogP contribution in [0.2, 0.25) is 0 Å². The average Bonchev–Trinajstić information content (AvgIpc) is 3.05. The molecule has 0 radical (unpaired) electrons. The molecule has 2 aromatic heterocycles. The zero-order chi connectivity index (χ0) is 23.6. The van der Waals surface area contributed by atoms with Gasteiger partial charge < -0.3 is 14.2 Å². The Hall–Kier alpha value is -3.89. The fourth-order valence-electron chi connectivity index (χ4n) is 3.17. The standard InChI is InChI=1S/C21H22N4O7/c1-10-6-7-15-16(8-10)23-21-19(22-15)18(24-25(21)11(2)26)20(32-14(5)29)17(31-13(4)28)9-30-12(3)27/h6-8,17,20H,9H2,1-5H3/t17-,20-/m1/s1. The average molecular weight is 442 g/mol. The second kappa shape index (κ2) is 9.08. The lowest BCUT2D eigenvalue weighted by atomic mass is 10.1. The van der Waals surface area contributed by atoms with Crippen molar-refractivity contribution in [2.75, 3.05) is 6.61 Å². The molecule has 3 rings (SSSR count). The molecule has 0 unspecified atom stereocenters. The number of rotatable bonds is 6. The molecular formula is C21H22N4O7. The van der Waals surface area contributed by atoms with E-state index in [-0.39, 0.29) is 16.9 Å². The van der Waals surface area contributed by atoms with Crippen molar-refractivity contribution in [3.63, 3.8) is 0 Å². The number of ether oxygens (including phenoxy) is 3. The van der Waals surface area contributed by atoms with E-state index in [9.17, 15) is 19.2 Å². The van der Waals surface area contributed by atoms with Gasteiger partial charge in [0.25, 0.3) is 0 Å². The van der Waals surface area contributed by atoms with Gasteiger partial charge in [0.2, 0.25) is 5.91 Å². The van der Waals surface area contributed by atoms with Crippen LogP contribution in [0.25, 0.3) is 22.2 Å². The van der Waals surface area contributed by atoms with E-state index in [0.717, 1.165) is 24.1 Å². The van der Waals surface area contributed by atoms with E-state index >= 15 is 0 Å². The Labute approximate surface area is 182 Å². The summed E-state index contributed by atoms with van der Waals surface area (Å²) in [6.45, 7) is 6.30.